The number of hydrogen-bond acceptors (Lipinski definition) is 7. The molecule has 194 valence electrons. The monoisotopic (exact) mass is 493 g/mol. The molecular weight excluding hydrogens is 449 g/mol. The molecule has 0 heterocycles. The van der Waals surface area contributed by atoms with Crippen molar-refractivity contribution in [2.75, 3.05) is 26.4 Å². The average Bonchev–Trinajstić information content (AvgIpc) is 2.78. The number of aliphatic hydroxyl groups is 1. The standard InChI is InChI=1S/C23H44NO8P/c1-3-5-6-7-8-9-10-11-12-13-14-16-22(26)24-17-18-31-33(28,29)32-20-21(25)19-30-23(27)15-4-2/h7-8,21,25H,3-6,9-20H2,1-2H3,(H,24,26)(H,28,29)/b8-7-. The molecule has 0 bridgehead atoms. The summed E-state index contributed by atoms with van der Waals surface area (Å²) in [6, 6.07) is 0. The number of ether oxygens (including phenoxy) is 1. The second-order valence-corrected chi connectivity index (χ2v) is 9.41. The fourth-order valence-corrected chi connectivity index (χ4v) is 3.56. The molecular formula is C23H44NO8P. The van der Waals surface area contributed by atoms with Crippen LogP contribution in [-0.4, -0.2) is 54.3 Å². The first kappa shape index (κ1) is 31.8. The molecule has 3 N–H and O–H groups in total. The number of phosphoric acid groups is 1. The topological polar surface area (TPSA) is 131 Å². The van der Waals surface area contributed by atoms with E-state index in [2.05, 4.69) is 28.9 Å². The van der Waals surface area contributed by atoms with Crippen LogP contribution in [0.5, 0.6) is 0 Å². The van der Waals surface area contributed by atoms with E-state index in [1.807, 2.05) is 6.92 Å². The van der Waals surface area contributed by atoms with Gasteiger partial charge in [-0.1, -0.05) is 58.1 Å². The highest BCUT2D eigenvalue weighted by Crippen LogP contribution is 2.42. The Balaban J connectivity index is 3.65. The molecule has 1 amide bonds. The molecule has 2 atom stereocenters. The molecule has 10 heteroatoms. The van der Waals surface area contributed by atoms with Gasteiger partial charge in [-0.3, -0.25) is 18.6 Å². The van der Waals surface area contributed by atoms with Crippen LogP contribution in [0.2, 0.25) is 0 Å². The number of unbranched alkanes of at least 4 members (excludes halogenated alkanes) is 7. The summed E-state index contributed by atoms with van der Waals surface area (Å²) < 4.78 is 26.0. The Morgan fingerprint density at radius 1 is 0.909 bits per heavy atom. The van der Waals surface area contributed by atoms with Crippen LogP contribution in [-0.2, 0) is 27.9 Å². The summed E-state index contributed by atoms with van der Waals surface area (Å²) in [6.07, 6.45) is 14.6. The smallest absolute Gasteiger partial charge is 0.463 e. The van der Waals surface area contributed by atoms with Crippen LogP contribution in [0.25, 0.3) is 0 Å². The van der Waals surface area contributed by atoms with Gasteiger partial charge in [0.25, 0.3) is 0 Å². The average molecular weight is 494 g/mol. The number of carbonyl (C=O) groups is 2. The molecule has 2 unspecified atom stereocenters. The van der Waals surface area contributed by atoms with E-state index < -0.39 is 26.5 Å². The van der Waals surface area contributed by atoms with Crippen molar-refractivity contribution in [2.24, 2.45) is 0 Å². The van der Waals surface area contributed by atoms with Gasteiger partial charge in [-0.15, -0.1) is 0 Å². The number of amides is 1. The van der Waals surface area contributed by atoms with Crippen molar-refractivity contribution in [3.8, 4) is 0 Å². The maximum absolute atomic E-state index is 11.8. The van der Waals surface area contributed by atoms with Crippen LogP contribution in [0.15, 0.2) is 12.2 Å². The Morgan fingerprint density at radius 2 is 1.58 bits per heavy atom. The van der Waals surface area contributed by atoms with Gasteiger partial charge in [0.1, 0.15) is 12.7 Å². The summed E-state index contributed by atoms with van der Waals surface area (Å²) in [5.41, 5.74) is 0. The zero-order valence-electron chi connectivity index (χ0n) is 20.3. The van der Waals surface area contributed by atoms with Gasteiger partial charge >= 0.3 is 13.8 Å². The third-order valence-corrected chi connectivity index (χ3v) is 5.65. The number of hydrogen-bond donors (Lipinski definition) is 3. The number of nitrogens with one attached hydrogen (secondary N) is 1. The third kappa shape index (κ3) is 22.3. The Labute approximate surface area is 198 Å². The largest absolute Gasteiger partial charge is 0.472 e. The van der Waals surface area contributed by atoms with Crippen LogP contribution in [0.4, 0.5) is 0 Å². The van der Waals surface area contributed by atoms with Crippen LogP contribution in [0, 0.1) is 0 Å². The Hall–Kier alpha value is -1.25. The van der Waals surface area contributed by atoms with Gasteiger partial charge in [0, 0.05) is 19.4 Å². The lowest BCUT2D eigenvalue weighted by Crippen LogP contribution is -2.27. The highest BCUT2D eigenvalue weighted by molar-refractivity contribution is 7.47. The zero-order chi connectivity index (χ0) is 24.8. The molecule has 33 heavy (non-hydrogen) atoms. The number of rotatable bonds is 22. The zero-order valence-corrected chi connectivity index (χ0v) is 21.2. The van der Waals surface area contributed by atoms with Gasteiger partial charge < -0.3 is 20.1 Å². The fourth-order valence-electron chi connectivity index (χ4n) is 2.81. The first-order chi connectivity index (χ1) is 15.8. The van der Waals surface area contributed by atoms with Crippen LogP contribution >= 0.6 is 7.82 Å². The van der Waals surface area contributed by atoms with E-state index >= 15 is 0 Å². The van der Waals surface area contributed by atoms with Crippen molar-refractivity contribution in [1.29, 1.82) is 0 Å². The summed E-state index contributed by atoms with van der Waals surface area (Å²) in [5.74, 6) is -0.586. The fraction of sp³-hybridized carbons (Fsp3) is 0.826. The molecule has 0 saturated heterocycles. The highest BCUT2D eigenvalue weighted by Gasteiger charge is 2.23. The van der Waals surface area contributed by atoms with Crippen LogP contribution < -0.4 is 5.32 Å². The number of carbonyl (C=O) groups excluding carboxylic acids is 2. The normalized spacial score (nSPS) is 14.2. The number of allylic oxidation sites excluding steroid dienone is 2. The minimum absolute atomic E-state index is 0.0777. The summed E-state index contributed by atoms with van der Waals surface area (Å²) in [4.78, 5) is 32.6. The highest BCUT2D eigenvalue weighted by atomic mass is 31.2. The number of aliphatic hydroxyl groups excluding tert-OH is 1. The van der Waals surface area contributed by atoms with E-state index in [-0.39, 0.29) is 32.1 Å². The van der Waals surface area contributed by atoms with E-state index in [1.54, 1.807) is 0 Å². The molecule has 0 aromatic rings. The van der Waals surface area contributed by atoms with Crippen molar-refractivity contribution in [3.05, 3.63) is 12.2 Å². The summed E-state index contributed by atoms with van der Waals surface area (Å²) in [6.45, 7) is 3.04. The van der Waals surface area contributed by atoms with Crippen LogP contribution in [0.3, 0.4) is 0 Å². The van der Waals surface area contributed by atoms with E-state index in [1.165, 1.54) is 25.7 Å². The van der Waals surface area contributed by atoms with Crippen molar-refractivity contribution in [2.45, 2.75) is 97.0 Å². The molecule has 0 aromatic heterocycles. The van der Waals surface area contributed by atoms with E-state index in [4.69, 9.17) is 9.26 Å². The molecule has 0 spiro atoms. The third-order valence-electron chi connectivity index (χ3n) is 4.67. The van der Waals surface area contributed by atoms with Gasteiger partial charge in [0.15, 0.2) is 0 Å². The predicted octanol–water partition coefficient (Wildman–Crippen LogP) is 4.42. The molecule has 0 saturated carbocycles. The lowest BCUT2D eigenvalue weighted by molar-refractivity contribution is -0.147. The van der Waals surface area contributed by atoms with Crippen molar-refractivity contribution >= 4 is 19.7 Å². The molecule has 0 aliphatic rings. The van der Waals surface area contributed by atoms with Crippen molar-refractivity contribution < 1.29 is 37.9 Å². The Bertz CT molecular complexity index is 585. The van der Waals surface area contributed by atoms with Crippen LogP contribution in [0.1, 0.15) is 90.9 Å². The first-order valence-corrected chi connectivity index (χ1v) is 13.7. The predicted molar refractivity (Wildman–Crippen MR) is 128 cm³/mol. The molecule has 0 radical (unpaired) electrons. The van der Waals surface area contributed by atoms with Gasteiger partial charge in [0.2, 0.25) is 5.91 Å². The SMILES string of the molecule is CCCC/C=C\CCCCCCCC(=O)NCCOP(=O)(O)OCC(O)COC(=O)CCC. The summed E-state index contributed by atoms with van der Waals surface area (Å²) in [5, 5.41) is 12.3. The van der Waals surface area contributed by atoms with Gasteiger partial charge in [-0.05, 0) is 32.1 Å². The lowest BCUT2D eigenvalue weighted by atomic mass is 10.1. The Morgan fingerprint density at radius 3 is 2.27 bits per heavy atom. The Kier molecular flexibility index (Phi) is 20.5. The first-order valence-electron chi connectivity index (χ1n) is 12.2. The number of esters is 1. The van der Waals surface area contributed by atoms with E-state index in [0.29, 0.717) is 12.8 Å². The van der Waals surface area contributed by atoms with E-state index in [0.717, 1.165) is 32.1 Å². The van der Waals surface area contributed by atoms with E-state index in [9.17, 15) is 24.2 Å². The molecule has 0 fully saturated rings. The van der Waals surface area contributed by atoms with Crippen molar-refractivity contribution in [1.82, 2.24) is 5.32 Å². The molecule has 0 aliphatic heterocycles. The lowest BCUT2D eigenvalue weighted by Gasteiger charge is -2.15. The summed E-state index contributed by atoms with van der Waals surface area (Å²) >= 11 is 0. The molecule has 0 aliphatic carbocycles. The maximum Gasteiger partial charge on any atom is 0.472 e. The quantitative estimate of drug-likeness (QED) is 0.0874. The second-order valence-electron chi connectivity index (χ2n) is 7.95. The summed E-state index contributed by atoms with van der Waals surface area (Å²) in [7, 11) is -4.37. The van der Waals surface area contributed by atoms with Gasteiger partial charge in [0.05, 0.1) is 13.2 Å². The second kappa shape index (κ2) is 21.3. The van der Waals surface area contributed by atoms with Gasteiger partial charge in [-0.2, -0.15) is 0 Å². The minimum Gasteiger partial charge on any atom is -0.463 e. The number of phosphoric ester groups is 1. The molecule has 9 nitrogen and oxygen atoms in total. The molecule has 0 rings (SSSR count). The van der Waals surface area contributed by atoms with Gasteiger partial charge in [-0.25, -0.2) is 4.57 Å². The minimum atomic E-state index is -4.37. The van der Waals surface area contributed by atoms with Crippen molar-refractivity contribution in [3.63, 3.8) is 0 Å². The maximum atomic E-state index is 11.8. The molecule has 0 aromatic carbocycles.